The largest absolute Gasteiger partial charge is 0.323 e. The van der Waals surface area contributed by atoms with Crippen molar-refractivity contribution >= 4 is 23.2 Å². The smallest absolute Gasteiger partial charge is 0.271 e. The van der Waals surface area contributed by atoms with Crippen molar-refractivity contribution in [1.82, 2.24) is 9.78 Å². The van der Waals surface area contributed by atoms with E-state index in [9.17, 15) is 9.59 Å². The first kappa shape index (κ1) is 19.4. The number of hydrogen-bond acceptors (Lipinski definition) is 3. The van der Waals surface area contributed by atoms with Crippen LogP contribution in [0.15, 0.2) is 59.4 Å². The fourth-order valence-corrected chi connectivity index (χ4v) is 3.94. The van der Waals surface area contributed by atoms with Crippen LogP contribution in [-0.2, 0) is 17.6 Å². The van der Waals surface area contributed by atoms with Gasteiger partial charge in [0.1, 0.15) is 6.04 Å². The highest BCUT2D eigenvalue weighted by molar-refractivity contribution is 6.33. The summed E-state index contributed by atoms with van der Waals surface area (Å²) in [5, 5.41) is 7.90. The molecule has 148 valence electrons. The average molecular weight is 408 g/mol. The average Bonchev–Trinajstić information content (AvgIpc) is 2.76. The molecule has 0 saturated carbocycles. The molecule has 0 fully saturated rings. The first-order chi connectivity index (χ1) is 14.1. The summed E-state index contributed by atoms with van der Waals surface area (Å²) in [7, 11) is 0. The first-order valence-corrected chi connectivity index (χ1v) is 10.2. The SMILES string of the molecule is C[C@@H](C(=O)Nc1ccccc1Cl)n1nc(-c2ccccc2)c2c(c1=O)CCCC2. The van der Waals surface area contributed by atoms with Gasteiger partial charge < -0.3 is 5.32 Å². The standard InChI is InChI=1S/C23H22ClN3O2/c1-15(22(28)25-20-14-8-7-13-19(20)24)27-23(29)18-12-6-5-11-17(18)21(26-27)16-9-3-2-4-10-16/h2-4,7-10,13-15H,5-6,11-12H2,1H3,(H,25,28)/t15-/m0/s1. The van der Waals surface area contributed by atoms with Crippen molar-refractivity contribution in [3.8, 4) is 11.3 Å². The molecule has 29 heavy (non-hydrogen) atoms. The van der Waals surface area contributed by atoms with Crippen LogP contribution >= 0.6 is 11.6 Å². The van der Waals surface area contributed by atoms with Gasteiger partial charge in [-0.2, -0.15) is 5.10 Å². The molecule has 0 unspecified atom stereocenters. The van der Waals surface area contributed by atoms with E-state index < -0.39 is 6.04 Å². The number of carbonyl (C=O) groups excluding carboxylic acids is 1. The van der Waals surface area contributed by atoms with Crippen LogP contribution in [-0.4, -0.2) is 15.7 Å². The van der Waals surface area contributed by atoms with Crippen LogP contribution in [0.2, 0.25) is 5.02 Å². The minimum absolute atomic E-state index is 0.179. The number of aromatic nitrogens is 2. The summed E-state index contributed by atoms with van der Waals surface area (Å²) < 4.78 is 1.32. The van der Waals surface area contributed by atoms with Crippen molar-refractivity contribution in [2.45, 2.75) is 38.6 Å². The van der Waals surface area contributed by atoms with E-state index in [0.29, 0.717) is 10.7 Å². The van der Waals surface area contributed by atoms with Gasteiger partial charge in [-0.3, -0.25) is 9.59 Å². The normalized spacial score (nSPS) is 14.1. The number of nitrogens with zero attached hydrogens (tertiary/aromatic N) is 2. The Morgan fingerprint density at radius 2 is 1.69 bits per heavy atom. The molecule has 0 saturated heterocycles. The van der Waals surface area contributed by atoms with Crippen molar-refractivity contribution in [2.75, 3.05) is 5.32 Å². The third-order valence-electron chi connectivity index (χ3n) is 5.35. The van der Waals surface area contributed by atoms with Crippen molar-refractivity contribution in [1.29, 1.82) is 0 Å². The lowest BCUT2D eigenvalue weighted by molar-refractivity contribution is -0.119. The van der Waals surface area contributed by atoms with Crippen molar-refractivity contribution < 1.29 is 4.79 Å². The third kappa shape index (κ3) is 3.83. The fraction of sp³-hybridized carbons (Fsp3) is 0.261. The highest BCUT2D eigenvalue weighted by atomic mass is 35.5. The molecular formula is C23H22ClN3O2. The van der Waals surface area contributed by atoms with Gasteiger partial charge in [-0.25, -0.2) is 4.68 Å². The van der Waals surface area contributed by atoms with E-state index >= 15 is 0 Å². The molecule has 1 N–H and O–H groups in total. The lowest BCUT2D eigenvalue weighted by atomic mass is 9.89. The summed E-state index contributed by atoms with van der Waals surface area (Å²) in [5.41, 5.74) is 3.88. The zero-order chi connectivity index (χ0) is 20.4. The van der Waals surface area contributed by atoms with Crippen LogP contribution in [0, 0.1) is 0 Å². The molecule has 0 aliphatic heterocycles. The van der Waals surface area contributed by atoms with E-state index in [1.807, 2.05) is 30.3 Å². The molecule has 0 bridgehead atoms. The van der Waals surface area contributed by atoms with Crippen LogP contribution in [0.25, 0.3) is 11.3 Å². The Morgan fingerprint density at radius 3 is 2.41 bits per heavy atom. The maximum atomic E-state index is 13.2. The van der Waals surface area contributed by atoms with Gasteiger partial charge in [0.25, 0.3) is 5.56 Å². The molecule has 1 atom stereocenters. The first-order valence-electron chi connectivity index (χ1n) is 9.81. The van der Waals surface area contributed by atoms with Gasteiger partial charge in [-0.1, -0.05) is 54.1 Å². The summed E-state index contributed by atoms with van der Waals surface area (Å²) in [5.74, 6) is -0.331. The van der Waals surface area contributed by atoms with Crippen LogP contribution in [0.3, 0.4) is 0 Å². The molecule has 4 rings (SSSR count). The Labute approximate surface area is 174 Å². The lowest BCUT2D eigenvalue weighted by Gasteiger charge is -2.22. The zero-order valence-electron chi connectivity index (χ0n) is 16.2. The number of hydrogen-bond donors (Lipinski definition) is 1. The van der Waals surface area contributed by atoms with Crippen molar-refractivity contribution in [3.63, 3.8) is 0 Å². The Morgan fingerprint density at radius 1 is 1.03 bits per heavy atom. The molecule has 3 aromatic rings. The quantitative estimate of drug-likeness (QED) is 0.685. The van der Waals surface area contributed by atoms with E-state index in [-0.39, 0.29) is 11.5 Å². The second-order valence-corrected chi connectivity index (χ2v) is 7.68. The maximum Gasteiger partial charge on any atom is 0.271 e. The van der Waals surface area contributed by atoms with Gasteiger partial charge >= 0.3 is 0 Å². The van der Waals surface area contributed by atoms with Crippen molar-refractivity contribution in [2.24, 2.45) is 0 Å². The van der Waals surface area contributed by atoms with Gasteiger partial charge in [0.05, 0.1) is 16.4 Å². The minimum Gasteiger partial charge on any atom is -0.323 e. The maximum absolute atomic E-state index is 13.2. The van der Waals surface area contributed by atoms with E-state index in [1.165, 1.54) is 4.68 Å². The number of amides is 1. The number of halogens is 1. The third-order valence-corrected chi connectivity index (χ3v) is 5.68. The molecule has 0 spiro atoms. The summed E-state index contributed by atoms with van der Waals surface area (Å²) in [6, 6.07) is 16.1. The van der Waals surface area contributed by atoms with Crippen LogP contribution < -0.4 is 10.9 Å². The summed E-state index contributed by atoms with van der Waals surface area (Å²) >= 11 is 6.15. The molecule has 1 aliphatic carbocycles. The van der Waals surface area contributed by atoms with Gasteiger partial charge in [-0.05, 0) is 50.3 Å². The highest BCUT2D eigenvalue weighted by Crippen LogP contribution is 2.29. The Bertz CT molecular complexity index is 1110. The molecule has 2 aromatic carbocycles. The summed E-state index contributed by atoms with van der Waals surface area (Å²) in [6.45, 7) is 1.69. The van der Waals surface area contributed by atoms with E-state index in [2.05, 4.69) is 10.4 Å². The van der Waals surface area contributed by atoms with Gasteiger partial charge in [-0.15, -0.1) is 0 Å². The predicted octanol–water partition coefficient (Wildman–Crippen LogP) is 4.64. The second kappa shape index (κ2) is 8.21. The summed E-state index contributed by atoms with van der Waals surface area (Å²) in [4.78, 5) is 26.0. The Kier molecular flexibility index (Phi) is 5.49. The van der Waals surface area contributed by atoms with Crippen LogP contribution in [0.1, 0.15) is 36.9 Å². The monoisotopic (exact) mass is 407 g/mol. The van der Waals surface area contributed by atoms with Crippen LogP contribution in [0.5, 0.6) is 0 Å². The minimum atomic E-state index is -0.770. The highest BCUT2D eigenvalue weighted by Gasteiger charge is 2.25. The molecular weight excluding hydrogens is 386 g/mol. The van der Waals surface area contributed by atoms with E-state index in [4.69, 9.17) is 11.6 Å². The fourth-order valence-electron chi connectivity index (χ4n) is 3.76. The topological polar surface area (TPSA) is 64.0 Å². The lowest BCUT2D eigenvalue weighted by Crippen LogP contribution is -2.37. The predicted molar refractivity (Wildman–Crippen MR) is 115 cm³/mol. The number of nitrogens with one attached hydrogen (secondary N) is 1. The zero-order valence-corrected chi connectivity index (χ0v) is 16.9. The Balaban J connectivity index is 1.76. The van der Waals surface area contributed by atoms with E-state index in [1.54, 1.807) is 31.2 Å². The second-order valence-electron chi connectivity index (χ2n) is 7.27. The molecule has 1 amide bonds. The molecule has 6 heteroatoms. The van der Waals surface area contributed by atoms with Crippen LogP contribution in [0.4, 0.5) is 5.69 Å². The number of para-hydroxylation sites is 1. The number of fused-ring (bicyclic) bond motifs is 1. The number of carbonyl (C=O) groups is 1. The molecule has 5 nitrogen and oxygen atoms in total. The molecule has 1 aromatic heterocycles. The van der Waals surface area contributed by atoms with Crippen molar-refractivity contribution in [3.05, 3.63) is 81.1 Å². The molecule has 1 heterocycles. The molecule has 1 aliphatic rings. The number of rotatable bonds is 4. The van der Waals surface area contributed by atoms with Gasteiger partial charge in [0, 0.05) is 11.1 Å². The van der Waals surface area contributed by atoms with Gasteiger partial charge in [0.15, 0.2) is 0 Å². The number of benzene rings is 2. The summed E-state index contributed by atoms with van der Waals surface area (Å²) in [6.07, 6.45) is 3.57. The van der Waals surface area contributed by atoms with Gasteiger partial charge in [0.2, 0.25) is 5.91 Å². The van der Waals surface area contributed by atoms with E-state index in [0.717, 1.165) is 48.1 Å². The number of anilines is 1. The molecule has 0 radical (unpaired) electrons. The Hall–Kier alpha value is -2.92.